The highest BCUT2D eigenvalue weighted by atomic mass is 32.2. The first-order valence-corrected chi connectivity index (χ1v) is 9.79. The number of nitrogens with one attached hydrogen (secondary N) is 1. The van der Waals surface area contributed by atoms with E-state index in [0.717, 1.165) is 11.1 Å². The molecule has 2 aromatic carbocycles. The summed E-state index contributed by atoms with van der Waals surface area (Å²) in [5.41, 5.74) is 2.81. The molecule has 1 atom stereocenters. The molecule has 0 aliphatic rings. The maximum atomic E-state index is 12.1. The van der Waals surface area contributed by atoms with Crippen LogP contribution >= 0.6 is 0 Å². The number of ether oxygens (including phenoxy) is 1. The minimum atomic E-state index is -3.76. The van der Waals surface area contributed by atoms with E-state index in [1.165, 1.54) is 12.1 Å². The van der Waals surface area contributed by atoms with Gasteiger partial charge in [-0.3, -0.25) is 4.79 Å². The van der Waals surface area contributed by atoms with Crippen LogP contribution in [0.3, 0.4) is 0 Å². The Morgan fingerprint density at radius 3 is 2.33 bits per heavy atom. The van der Waals surface area contributed by atoms with Gasteiger partial charge in [0.2, 0.25) is 10.0 Å². The van der Waals surface area contributed by atoms with E-state index in [1.54, 1.807) is 32.0 Å². The molecule has 0 spiro atoms. The lowest BCUT2D eigenvalue weighted by Crippen LogP contribution is -2.31. The zero-order valence-electron chi connectivity index (χ0n) is 15.4. The second kappa shape index (κ2) is 8.32. The van der Waals surface area contributed by atoms with Gasteiger partial charge in [0, 0.05) is 0 Å². The lowest BCUT2D eigenvalue weighted by Gasteiger charge is -2.15. The number of carbonyl (C=O) groups excluding carboxylic acids is 2. The standard InChI is InChI=1S/C19H22N2O5S/c1-12-4-5-13(2)17(10-12)19(23)26-11-18(22)21-14(3)15-6-8-16(9-7-15)27(20,24)25/h4-10,14H,11H2,1-3H3,(H,21,22)(H2,20,24,25)/t14-/m1/s1. The number of aryl methyl sites for hydroxylation is 2. The van der Waals surface area contributed by atoms with Crippen molar-refractivity contribution < 1.29 is 22.7 Å². The summed E-state index contributed by atoms with van der Waals surface area (Å²) in [6.45, 7) is 4.98. The molecule has 0 heterocycles. The largest absolute Gasteiger partial charge is 0.452 e. The van der Waals surface area contributed by atoms with E-state index in [9.17, 15) is 18.0 Å². The number of amides is 1. The van der Waals surface area contributed by atoms with Crippen LogP contribution in [0, 0.1) is 13.8 Å². The van der Waals surface area contributed by atoms with Gasteiger partial charge in [-0.2, -0.15) is 0 Å². The van der Waals surface area contributed by atoms with E-state index in [1.807, 2.05) is 19.1 Å². The Morgan fingerprint density at radius 2 is 1.74 bits per heavy atom. The van der Waals surface area contributed by atoms with Gasteiger partial charge in [0.05, 0.1) is 16.5 Å². The molecule has 144 valence electrons. The second-order valence-electron chi connectivity index (χ2n) is 6.30. The predicted octanol–water partition coefficient (Wildman–Crippen LogP) is 1.99. The number of primary sulfonamides is 1. The van der Waals surface area contributed by atoms with Crippen LogP contribution in [0.15, 0.2) is 47.4 Å². The van der Waals surface area contributed by atoms with E-state index in [4.69, 9.17) is 9.88 Å². The smallest absolute Gasteiger partial charge is 0.338 e. The molecule has 0 saturated heterocycles. The molecular formula is C19H22N2O5S. The Morgan fingerprint density at radius 1 is 1.11 bits per heavy atom. The van der Waals surface area contributed by atoms with Gasteiger partial charge >= 0.3 is 5.97 Å². The molecule has 0 bridgehead atoms. The summed E-state index contributed by atoms with van der Waals surface area (Å²) in [7, 11) is -3.76. The molecule has 0 unspecified atom stereocenters. The van der Waals surface area contributed by atoms with Gasteiger partial charge < -0.3 is 10.1 Å². The van der Waals surface area contributed by atoms with E-state index in [2.05, 4.69) is 5.32 Å². The molecule has 0 fully saturated rings. The van der Waals surface area contributed by atoms with Crippen molar-refractivity contribution in [3.63, 3.8) is 0 Å². The SMILES string of the molecule is Cc1ccc(C)c(C(=O)OCC(=O)N[C@H](C)c2ccc(S(N)(=O)=O)cc2)c1. The molecule has 3 N–H and O–H groups in total. The van der Waals surface area contributed by atoms with Crippen LogP contribution in [-0.2, 0) is 19.6 Å². The molecule has 2 rings (SSSR count). The summed E-state index contributed by atoms with van der Waals surface area (Å²) in [5.74, 6) is -1.02. The molecule has 8 heteroatoms. The first kappa shape index (κ1) is 20.6. The van der Waals surface area contributed by atoms with Crippen LogP contribution < -0.4 is 10.5 Å². The fourth-order valence-electron chi connectivity index (χ4n) is 2.48. The lowest BCUT2D eigenvalue weighted by atomic mass is 10.1. The molecule has 1 amide bonds. The maximum Gasteiger partial charge on any atom is 0.338 e. The van der Waals surface area contributed by atoms with Crippen molar-refractivity contribution in [3.8, 4) is 0 Å². The van der Waals surface area contributed by atoms with E-state index in [0.29, 0.717) is 11.1 Å². The highest BCUT2D eigenvalue weighted by molar-refractivity contribution is 7.89. The second-order valence-corrected chi connectivity index (χ2v) is 7.86. The first-order valence-electron chi connectivity index (χ1n) is 8.24. The zero-order chi connectivity index (χ0) is 20.2. The molecule has 0 aromatic heterocycles. The number of rotatable bonds is 6. The third-order valence-electron chi connectivity index (χ3n) is 4.03. The van der Waals surface area contributed by atoms with Crippen LogP contribution in [0.4, 0.5) is 0 Å². The molecule has 0 aliphatic heterocycles. The average molecular weight is 390 g/mol. The van der Waals surface area contributed by atoms with E-state index >= 15 is 0 Å². The quantitative estimate of drug-likeness (QED) is 0.732. The number of sulfonamides is 1. The number of esters is 1. The number of carbonyl (C=O) groups is 2. The fraction of sp³-hybridized carbons (Fsp3) is 0.263. The van der Waals surface area contributed by atoms with Gasteiger partial charge in [0.1, 0.15) is 0 Å². The molecule has 2 aromatic rings. The fourth-order valence-corrected chi connectivity index (χ4v) is 2.99. The summed E-state index contributed by atoms with van der Waals surface area (Å²) >= 11 is 0. The van der Waals surface area contributed by atoms with Crippen molar-refractivity contribution in [2.75, 3.05) is 6.61 Å². The summed E-state index contributed by atoms with van der Waals surface area (Å²) in [4.78, 5) is 24.2. The van der Waals surface area contributed by atoms with E-state index < -0.39 is 34.5 Å². The molecule has 0 aliphatic carbocycles. The topological polar surface area (TPSA) is 116 Å². The average Bonchev–Trinajstić information content (AvgIpc) is 2.61. The minimum absolute atomic E-state index is 0.00719. The van der Waals surface area contributed by atoms with Crippen molar-refractivity contribution in [3.05, 3.63) is 64.7 Å². The van der Waals surface area contributed by atoms with Crippen LogP contribution in [0.2, 0.25) is 0 Å². The summed E-state index contributed by atoms with van der Waals surface area (Å²) < 4.78 is 27.6. The molecule has 0 radical (unpaired) electrons. The van der Waals surface area contributed by atoms with Gasteiger partial charge in [0.15, 0.2) is 6.61 Å². The number of nitrogens with two attached hydrogens (primary N) is 1. The highest BCUT2D eigenvalue weighted by Crippen LogP contribution is 2.16. The van der Waals surface area contributed by atoms with Crippen molar-refractivity contribution in [1.29, 1.82) is 0 Å². The summed E-state index contributed by atoms with van der Waals surface area (Å²) in [6.07, 6.45) is 0. The number of benzene rings is 2. The zero-order valence-corrected chi connectivity index (χ0v) is 16.2. The van der Waals surface area contributed by atoms with Crippen LogP contribution in [-0.4, -0.2) is 26.9 Å². The third kappa shape index (κ3) is 5.63. The maximum absolute atomic E-state index is 12.1. The van der Waals surface area contributed by atoms with E-state index in [-0.39, 0.29) is 4.90 Å². The Balaban J connectivity index is 1.93. The molecular weight excluding hydrogens is 368 g/mol. The van der Waals surface area contributed by atoms with Gasteiger partial charge in [-0.1, -0.05) is 29.8 Å². The summed E-state index contributed by atoms with van der Waals surface area (Å²) in [6, 6.07) is 10.9. The predicted molar refractivity (Wildman–Crippen MR) is 101 cm³/mol. The molecule has 27 heavy (non-hydrogen) atoms. The molecule has 7 nitrogen and oxygen atoms in total. The van der Waals surface area contributed by atoms with Crippen molar-refractivity contribution in [2.45, 2.75) is 31.7 Å². The lowest BCUT2D eigenvalue weighted by molar-refractivity contribution is -0.124. The minimum Gasteiger partial charge on any atom is -0.452 e. The number of hydrogen-bond acceptors (Lipinski definition) is 5. The number of hydrogen-bond donors (Lipinski definition) is 2. The Hall–Kier alpha value is -2.71. The normalized spacial score (nSPS) is 12.3. The first-order chi connectivity index (χ1) is 12.6. The van der Waals surface area contributed by atoms with Crippen molar-refractivity contribution in [2.24, 2.45) is 5.14 Å². The van der Waals surface area contributed by atoms with Crippen LogP contribution in [0.5, 0.6) is 0 Å². The van der Waals surface area contributed by atoms with Crippen LogP contribution in [0.25, 0.3) is 0 Å². The Bertz CT molecular complexity index is 953. The molecule has 0 saturated carbocycles. The van der Waals surface area contributed by atoms with Crippen LogP contribution in [0.1, 0.15) is 40.0 Å². The Kier molecular flexibility index (Phi) is 6.35. The van der Waals surface area contributed by atoms with Gasteiger partial charge in [0.25, 0.3) is 5.91 Å². The monoisotopic (exact) mass is 390 g/mol. The highest BCUT2D eigenvalue weighted by Gasteiger charge is 2.15. The van der Waals surface area contributed by atoms with Gasteiger partial charge in [-0.25, -0.2) is 18.4 Å². The van der Waals surface area contributed by atoms with Crippen molar-refractivity contribution >= 4 is 21.9 Å². The Labute approximate surface area is 158 Å². The third-order valence-corrected chi connectivity index (χ3v) is 4.96. The van der Waals surface area contributed by atoms with Gasteiger partial charge in [-0.05, 0) is 50.1 Å². The van der Waals surface area contributed by atoms with Crippen molar-refractivity contribution in [1.82, 2.24) is 5.32 Å². The van der Waals surface area contributed by atoms with Gasteiger partial charge in [-0.15, -0.1) is 0 Å². The summed E-state index contributed by atoms with van der Waals surface area (Å²) in [5, 5.41) is 7.74.